The molecule has 3 rings (SSSR count). The highest BCUT2D eigenvalue weighted by molar-refractivity contribution is 7.10. The van der Waals surface area contributed by atoms with Crippen LogP contribution in [0.4, 0.5) is 0 Å². The van der Waals surface area contributed by atoms with Crippen molar-refractivity contribution in [2.24, 2.45) is 5.92 Å². The Bertz CT molecular complexity index is 486. The maximum atomic E-state index is 4.30. The van der Waals surface area contributed by atoms with Crippen LogP contribution in [0.15, 0.2) is 36.0 Å². The van der Waals surface area contributed by atoms with Crippen LogP contribution in [0.5, 0.6) is 0 Å². The van der Waals surface area contributed by atoms with Gasteiger partial charge in [0.15, 0.2) is 0 Å². The molecule has 1 fully saturated rings. The van der Waals surface area contributed by atoms with Crippen LogP contribution < -0.4 is 5.32 Å². The van der Waals surface area contributed by atoms with E-state index in [-0.39, 0.29) is 0 Å². The maximum Gasteiger partial charge on any atom is 0.0560 e. The number of thiophene rings is 1. The largest absolute Gasteiger partial charge is 0.305 e. The topological polar surface area (TPSA) is 29.9 Å². The summed E-state index contributed by atoms with van der Waals surface area (Å²) in [5.74, 6) is 0.800. The van der Waals surface area contributed by atoms with Crippen molar-refractivity contribution < 1.29 is 0 Å². The van der Waals surface area contributed by atoms with Gasteiger partial charge in [0.1, 0.15) is 0 Å². The molecule has 4 heteroatoms. The molecule has 0 amide bonds. The molecule has 0 bridgehead atoms. The highest BCUT2D eigenvalue weighted by atomic mass is 32.1. The van der Waals surface area contributed by atoms with Gasteiger partial charge in [-0.25, -0.2) is 0 Å². The monoisotopic (exact) mass is 289 g/mol. The second-order valence-corrected chi connectivity index (χ2v) is 6.81. The number of hydrogen-bond donors (Lipinski definition) is 1. The van der Waals surface area contributed by atoms with Gasteiger partial charge in [0.2, 0.25) is 0 Å². The summed E-state index contributed by atoms with van der Waals surface area (Å²) >= 11 is 1.88. The highest BCUT2D eigenvalue weighted by Crippen LogP contribution is 2.37. The van der Waals surface area contributed by atoms with Gasteiger partial charge in [-0.2, -0.15) is 5.10 Å². The summed E-state index contributed by atoms with van der Waals surface area (Å²) in [4.78, 5) is 1.49. The average Bonchev–Trinajstić information content (AvgIpc) is 3.18. The molecule has 2 aromatic rings. The first-order chi connectivity index (χ1) is 9.83. The highest BCUT2D eigenvalue weighted by Gasteiger charge is 2.27. The summed E-state index contributed by atoms with van der Waals surface area (Å²) in [5, 5.41) is 10.3. The summed E-state index contributed by atoms with van der Waals surface area (Å²) in [6.07, 6.45) is 9.39. The lowest BCUT2D eigenvalue weighted by molar-refractivity contribution is 0.318. The van der Waals surface area contributed by atoms with Crippen molar-refractivity contribution >= 4 is 11.3 Å². The average molecular weight is 289 g/mol. The van der Waals surface area contributed by atoms with Crippen molar-refractivity contribution in [3.63, 3.8) is 0 Å². The zero-order valence-corrected chi connectivity index (χ0v) is 12.9. The van der Waals surface area contributed by atoms with E-state index in [0.29, 0.717) is 12.1 Å². The van der Waals surface area contributed by atoms with Gasteiger partial charge in [-0.05, 0) is 43.2 Å². The van der Waals surface area contributed by atoms with E-state index in [1.807, 2.05) is 34.5 Å². The fraction of sp³-hybridized carbons (Fsp3) is 0.562. The predicted molar refractivity (Wildman–Crippen MR) is 83.8 cm³/mol. The summed E-state index contributed by atoms with van der Waals surface area (Å²) < 4.78 is 2.01. The van der Waals surface area contributed by atoms with Gasteiger partial charge in [0.05, 0.1) is 6.54 Å². The molecule has 0 aromatic carbocycles. The molecule has 1 aliphatic rings. The Kier molecular flexibility index (Phi) is 4.53. The van der Waals surface area contributed by atoms with Crippen LogP contribution in [-0.2, 0) is 6.54 Å². The molecule has 0 spiro atoms. The quantitative estimate of drug-likeness (QED) is 0.875. The molecule has 0 radical (unpaired) electrons. The van der Waals surface area contributed by atoms with Crippen LogP contribution in [0, 0.1) is 5.92 Å². The van der Waals surface area contributed by atoms with Crippen molar-refractivity contribution in [3.05, 3.63) is 40.8 Å². The Labute approximate surface area is 125 Å². The predicted octanol–water partition coefficient (Wildman–Crippen LogP) is 3.85. The molecule has 1 aliphatic carbocycles. The van der Waals surface area contributed by atoms with E-state index in [2.05, 4.69) is 34.9 Å². The van der Waals surface area contributed by atoms with Crippen LogP contribution in [0.25, 0.3) is 0 Å². The Balaban J connectivity index is 1.66. The van der Waals surface area contributed by atoms with E-state index in [1.165, 1.54) is 30.6 Å². The van der Waals surface area contributed by atoms with E-state index in [9.17, 15) is 0 Å². The summed E-state index contributed by atoms with van der Waals surface area (Å²) in [5.41, 5.74) is 0. The molecule has 20 heavy (non-hydrogen) atoms. The first-order valence-corrected chi connectivity index (χ1v) is 8.48. The van der Waals surface area contributed by atoms with Crippen LogP contribution >= 0.6 is 11.3 Å². The third kappa shape index (κ3) is 3.30. The molecule has 2 aromatic heterocycles. The first kappa shape index (κ1) is 13.8. The van der Waals surface area contributed by atoms with Crippen molar-refractivity contribution in [1.82, 2.24) is 15.1 Å². The molecule has 2 unspecified atom stereocenters. The van der Waals surface area contributed by atoms with Gasteiger partial charge in [-0.3, -0.25) is 4.68 Å². The minimum Gasteiger partial charge on any atom is -0.305 e. The third-order valence-electron chi connectivity index (χ3n) is 4.21. The van der Waals surface area contributed by atoms with E-state index in [0.717, 1.165) is 12.5 Å². The fourth-order valence-corrected chi connectivity index (χ4v) is 4.14. The molecule has 108 valence electrons. The fourth-order valence-electron chi connectivity index (χ4n) is 3.26. The lowest BCUT2D eigenvalue weighted by Crippen LogP contribution is -2.36. The van der Waals surface area contributed by atoms with Gasteiger partial charge >= 0.3 is 0 Å². The van der Waals surface area contributed by atoms with E-state index >= 15 is 0 Å². The van der Waals surface area contributed by atoms with Crippen molar-refractivity contribution in [3.8, 4) is 0 Å². The second-order valence-electron chi connectivity index (χ2n) is 5.83. The van der Waals surface area contributed by atoms with E-state index in [4.69, 9.17) is 0 Å². The second kappa shape index (κ2) is 6.55. The lowest BCUT2D eigenvalue weighted by atomic mass is 9.96. The van der Waals surface area contributed by atoms with Crippen LogP contribution in [0.1, 0.15) is 43.5 Å². The first-order valence-electron chi connectivity index (χ1n) is 7.60. The van der Waals surface area contributed by atoms with E-state index < -0.39 is 0 Å². The number of hydrogen-bond acceptors (Lipinski definition) is 3. The minimum atomic E-state index is 0.433. The normalized spacial score (nSPS) is 19.2. The zero-order valence-electron chi connectivity index (χ0n) is 12.0. The van der Waals surface area contributed by atoms with Gasteiger partial charge in [-0.15, -0.1) is 11.3 Å². The Morgan fingerprint density at radius 2 is 2.25 bits per heavy atom. The Morgan fingerprint density at radius 3 is 2.90 bits per heavy atom. The van der Waals surface area contributed by atoms with Gasteiger partial charge in [0.25, 0.3) is 0 Å². The maximum absolute atomic E-state index is 4.30. The summed E-state index contributed by atoms with van der Waals surface area (Å²) in [6.45, 7) is 3.19. The summed E-state index contributed by atoms with van der Waals surface area (Å²) in [7, 11) is 0. The molecule has 0 saturated heterocycles. The number of nitrogens with one attached hydrogen (secondary N) is 1. The third-order valence-corrected chi connectivity index (χ3v) is 5.16. The number of aromatic nitrogens is 2. The van der Waals surface area contributed by atoms with Crippen molar-refractivity contribution in [2.75, 3.05) is 0 Å². The number of nitrogens with zero attached hydrogens (tertiary/aromatic N) is 2. The SMILES string of the molecule is CC(Cn1cccn1)NC(c1cccs1)C1CCCC1. The molecular formula is C16H23N3S. The Hall–Kier alpha value is -1.13. The number of rotatable bonds is 6. The van der Waals surface area contributed by atoms with Crippen LogP contribution in [-0.4, -0.2) is 15.8 Å². The molecule has 0 aliphatic heterocycles. The molecule has 2 heterocycles. The standard InChI is InChI=1S/C16H23N3S/c1-13(12-19-10-5-9-17-19)18-16(14-6-2-3-7-14)15-8-4-11-20-15/h4-5,8-11,13-14,16,18H,2-3,6-7,12H2,1H3. The smallest absolute Gasteiger partial charge is 0.0560 e. The van der Waals surface area contributed by atoms with Gasteiger partial charge in [-0.1, -0.05) is 18.9 Å². The molecule has 3 nitrogen and oxygen atoms in total. The summed E-state index contributed by atoms with van der Waals surface area (Å²) in [6, 6.07) is 7.38. The van der Waals surface area contributed by atoms with Crippen LogP contribution in [0.3, 0.4) is 0 Å². The lowest BCUT2D eigenvalue weighted by Gasteiger charge is -2.27. The van der Waals surface area contributed by atoms with Crippen LogP contribution in [0.2, 0.25) is 0 Å². The van der Waals surface area contributed by atoms with Crippen molar-refractivity contribution in [2.45, 2.75) is 51.2 Å². The molecular weight excluding hydrogens is 266 g/mol. The van der Waals surface area contributed by atoms with Gasteiger partial charge in [0, 0.05) is 29.4 Å². The van der Waals surface area contributed by atoms with Gasteiger partial charge < -0.3 is 5.32 Å². The molecule has 2 atom stereocenters. The van der Waals surface area contributed by atoms with Crippen molar-refractivity contribution in [1.29, 1.82) is 0 Å². The molecule has 1 N–H and O–H groups in total. The Morgan fingerprint density at radius 1 is 1.40 bits per heavy atom. The molecule has 1 saturated carbocycles. The minimum absolute atomic E-state index is 0.433. The van der Waals surface area contributed by atoms with E-state index in [1.54, 1.807) is 0 Å². The zero-order chi connectivity index (χ0) is 13.8.